The molecular formula is C19H21F2IN2O5S. The molecule has 7 nitrogen and oxygen atoms in total. The van der Waals surface area contributed by atoms with E-state index in [1.807, 2.05) is 22.6 Å². The Bertz CT molecular complexity index is 1050. The molecule has 1 atom stereocenters. The van der Waals surface area contributed by atoms with Gasteiger partial charge < -0.3 is 20.3 Å². The zero-order valence-electron chi connectivity index (χ0n) is 16.0. The van der Waals surface area contributed by atoms with Crippen LogP contribution in [0.3, 0.4) is 0 Å². The van der Waals surface area contributed by atoms with Crippen molar-refractivity contribution in [2.75, 3.05) is 23.8 Å². The minimum absolute atomic E-state index is 0.0281. The van der Waals surface area contributed by atoms with Crippen LogP contribution in [0.15, 0.2) is 30.3 Å². The lowest BCUT2D eigenvalue weighted by Gasteiger charge is -2.22. The molecule has 11 heteroatoms. The van der Waals surface area contributed by atoms with Gasteiger partial charge in [-0.05, 0) is 60.1 Å². The smallest absolute Gasteiger partial charge is 0.238 e. The van der Waals surface area contributed by atoms with Crippen LogP contribution in [-0.2, 0) is 10.0 Å². The molecule has 4 N–H and O–H groups in total. The molecule has 0 amide bonds. The molecule has 1 unspecified atom stereocenters. The SMILES string of the molecule is COc1cc(F)c(NS(=O)(=O)C2(CC(O)CO)CC2)c(Nc2ccc(I)cc2F)c1. The Hall–Kier alpha value is -1.70. The highest BCUT2D eigenvalue weighted by Gasteiger charge is 2.55. The van der Waals surface area contributed by atoms with Crippen molar-refractivity contribution in [3.63, 3.8) is 0 Å². The van der Waals surface area contributed by atoms with E-state index < -0.39 is 44.8 Å². The summed E-state index contributed by atoms with van der Waals surface area (Å²) in [6.07, 6.45) is -0.842. The van der Waals surface area contributed by atoms with E-state index in [0.717, 1.165) is 6.07 Å². The van der Waals surface area contributed by atoms with Crippen molar-refractivity contribution < 1.29 is 32.1 Å². The monoisotopic (exact) mass is 554 g/mol. The van der Waals surface area contributed by atoms with Gasteiger partial charge in [-0.2, -0.15) is 0 Å². The second-order valence-electron chi connectivity index (χ2n) is 7.11. The predicted molar refractivity (Wildman–Crippen MR) is 118 cm³/mol. The van der Waals surface area contributed by atoms with Crippen LogP contribution in [-0.4, -0.2) is 43.2 Å². The number of halogens is 3. The average Bonchev–Trinajstić information content (AvgIpc) is 3.47. The van der Waals surface area contributed by atoms with Crippen LogP contribution in [0.1, 0.15) is 19.3 Å². The Kier molecular flexibility index (Phi) is 6.75. The maximum atomic E-state index is 14.8. The van der Waals surface area contributed by atoms with E-state index >= 15 is 0 Å². The molecule has 1 fully saturated rings. The minimum atomic E-state index is -4.12. The fourth-order valence-electron chi connectivity index (χ4n) is 3.10. The van der Waals surface area contributed by atoms with Crippen LogP contribution in [0.4, 0.5) is 25.8 Å². The Morgan fingerprint density at radius 2 is 1.90 bits per heavy atom. The quantitative estimate of drug-likeness (QED) is 0.355. The van der Waals surface area contributed by atoms with Crippen LogP contribution in [0.5, 0.6) is 5.75 Å². The Labute approximate surface area is 186 Å². The predicted octanol–water partition coefficient (Wildman–Crippen LogP) is 3.34. The van der Waals surface area contributed by atoms with E-state index in [-0.39, 0.29) is 36.4 Å². The van der Waals surface area contributed by atoms with Crippen molar-refractivity contribution in [1.82, 2.24) is 0 Å². The molecule has 0 heterocycles. The van der Waals surface area contributed by atoms with Crippen molar-refractivity contribution in [3.8, 4) is 5.75 Å². The Morgan fingerprint density at radius 3 is 2.47 bits per heavy atom. The molecule has 0 spiro atoms. The van der Waals surface area contributed by atoms with Crippen LogP contribution in [0.25, 0.3) is 0 Å². The van der Waals surface area contributed by atoms with Gasteiger partial charge in [-0.3, -0.25) is 4.72 Å². The first-order valence-electron chi connectivity index (χ1n) is 9.02. The summed E-state index contributed by atoms with van der Waals surface area (Å²) in [5, 5.41) is 21.5. The number of ether oxygens (including phenoxy) is 1. The molecule has 30 heavy (non-hydrogen) atoms. The minimum Gasteiger partial charge on any atom is -0.497 e. The molecule has 164 valence electrons. The van der Waals surface area contributed by atoms with Crippen molar-refractivity contribution in [1.29, 1.82) is 0 Å². The summed E-state index contributed by atoms with van der Waals surface area (Å²) in [7, 11) is -2.79. The molecule has 0 aliphatic heterocycles. The maximum absolute atomic E-state index is 14.8. The molecule has 0 aromatic heterocycles. The molecule has 1 aliphatic carbocycles. The number of hydrogen-bond donors (Lipinski definition) is 4. The van der Waals surface area contributed by atoms with Crippen molar-refractivity contribution in [2.24, 2.45) is 0 Å². The average molecular weight is 554 g/mol. The van der Waals surface area contributed by atoms with Crippen molar-refractivity contribution in [3.05, 3.63) is 45.5 Å². The van der Waals surface area contributed by atoms with Crippen molar-refractivity contribution in [2.45, 2.75) is 30.1 Å². The number of benzene rings is 2. The highest BCUT2D eigenvalue weighted by molar-refractivity contribution is 14.1. The lowest BCUT2D eigenvalue weighted by molar-refractivity contribution is 0.0858. The first-order chi connectivity index (χ1) is 14.1. The highest BCUT2D eigenvalue weighted by Crippen LogP contribution is 2.48. The largest absolute Gasteiger partial charge is 0.497 e. The summed E-state index contributed by atoms with van der Waals surface area (Å²) in [5.74, 6) is -1.39. The van der Waals surface area contributed by atoms with Crippen molar-refractivity contribution >= 4 is 49.7 Å². The molecule has 1 saturated carbocycles. The van der Waals surface area contributed by atoms with Gasteiger partial charge in [0.25, 0.3) is 0 Å². The molecule has 0 bridgehead atoms. The first-order valence-corrected chi connectivity index (χ1v) is 11.6. The number of nitrogens with one attached hydrogen (secondary N) is 2. The number of hydrogen-bond acceptors (Lipinski definition) is 6. The van der Waals surface area contributed by atoms with Gasteiger partial charge in [0.1, 0.15) is 17.3 Å². The number of sulfonamides is 1. The third-order valence-corrected chi connectivity index (χ3v) is 7.79. The second-order valence-corrected chi connectivity index (χ2v) is 10.4. The van der Waals surface area contributed by atoms with E-state index in [0.29, 0.717) is 3.57 Å². The zero-order chi connectivity index (χ0) is 22.1. The van der Waals surface area contributed by atoms with E-state index in [4.69, 9.17) is 9.84 Å². The Balaban J connectivity index is 1.98. The van der Waals surface area contributed by atoms with E-state index in [1.165, 1.54) is 25.3 Å². The molecule has 2 aromatic rings. The number of rotatable bonds is 9. The van der Waals surface area contributed by atoms with Gasteiger partial charge in [0.2, 0.25) is 10.0 Å². The molecule has 3 rings (SSSR count). The maximum Gasteiger partial charge on any atom is 0.238 e. The number of anilines is 3. The summed E-state index contributed by atoms with van der Waals surface area (Å²) >= 11 is 1.94. The van der Waals surface area contributed by atoms with Crippen LogP contribution >= 0.6 is 22.6 Å². The Morgan fingerprint density at radius 1 is 1.20 bits per heavy atom. The summed E-state index contributed by atoms with van der Waals surface area (Å²) in [6, 6.07) is 6.73. The fourth-order valence-corrected chi connectivity index (χ4v) is 5.29. The topological polar surface area (TPSA) is 108 Å². The van der Waals surface area contributed by atoms with Gasteiger partial charge in [-0.25, -0.2) is 17.2 Å². The molecule has 2 aromatic carbocycles. The zero-order valence-corrected chi connectivity index (χ0v) is 18.9. The van der Waals surface area contributed by atoms with Gasteiger partial charge in [-0.15, -0.1) is 0 Å². The third kappa shape index (κ3) is 4.79. The normalized spacial score (nSPS) is 16.1. The summed E-state index contributed by atoms with van der Waals surface area (Å²) in [4.78, 5) is 0. The summed E-state index contributed by atoms with van der Waals surface area (Å²) in [5.41, 5.74) is -0.395. The molecule has 0 saturated heterocycles. The molecular weight excluding hydrogens is 533 g/mol. The van der Waals surface area contributed by atoms with Gasteiger partial charge >= 0.3 is 0 Å². The number of aliphatic hydroxyl groups excluding tert-OH is 2. The molecule has 1 aliphatic rings. The highest BCUT2D eigenvalue weighted by atomic mass is 127. The third-order valence-electron chi connectivity index (χ3n) is 4.93. The van der Waals surface area contributed by atoms with Crippen LogP contribution in [0.2, 0.25) is 0 Å². The lowest BCUT2D eigenvalue weighted by Crippen LogP contribution is -2.34. The van der Waals surface area contributed by atoms with Crippen LogP contribution < -0.4 is 14.8 Å². The molecule has 0 radical (unpaired) electrons. The second kappa shape index (κ2) is 8.81. The van der Waals surface area contributed by atoms with Crippen LogP contribution in [0, 0.1) is 15.2 Å². The van der Waals surface area contributed by atoms with E-state index in [1.54, 1.807) is 6.07 Å². The summed E-state index contributed by atoms with van der Waals surface area (Å²) < 4.78 is 61.7. The van der Waals surface area contributed by atoms with E-state index in [2.05, 4.69) is 10.0 Å². The fraction of sp³-hybridized carbons (Fsp3) is 0.368. The lowest BCUT2D eigenvalue weighted by atomic mass is 10.2. The van der Waals surface area contributed by atoms with Gasteiger partial charge in [0.15, 0.2) is 5.82 Å². The standard InChI is InChI=1S/C19H21F2IN2O5S/c1-29-13-7-15(21)18(17(8-13)23-16-3-2-11(22)6-14(16)20)24-30(27,28)19(4-5-19)9-12(26)10-25/h2-3,6-8,12,23-26H,4-5,9-10H2,1H3. The van der Waals surface area contributed by atoms with Gasteiger partial charge in [0.05, 0.1) is 35.9 Å². The first kappa shape index (κ1) is 23.0. The van der Waals surface area contributed by atoms with E-state index in [9.17, 15) is 22.3 Å². The summed E-state index contributed by atoms with van der Waals surface area (Å²) in [6.45, 7) is -0.576. The van der Waals surface area contributed by atoms with Gasteiger partial charge in [0, 0.05) is 15.7 Å². The number of methoxy groups -OCH3 is 1. The number of aliphatic hydroxyl groups is 2. The van der Waals surface area contributed by atoms with Gasteiger partial charge in [-0.1, -0.05) is 0 Å².